The van der Waals surface area contributed by atoms with E-state index in [4.69, 9.17) is 23.2 Å². The minimum absolute atomic E-state index is 0.432. The molecule has 0 nitrogen and oxygen atoms in total. The van der Waals surface area contributed by atoms with Crippen LogP contribution in [-0.4, -0.2) is 0 Å². The molecule has 6 heteroatoms. The Morgan fingerprint density at radius 1 is 1.08 bits per heavy atom. The van der Waals surface area contributed by atoms with E-state index in [-0.39, 0.29) is 0 Å². The van der Waals surface area contributed by atoms with Gasteiger partial charge in [-0.05, 0) is 12.1 Å². The molecule has 0 spiro atoms. The second-order valence-corrected chi connectivity index (χ2v) is 3.01. The smallest absolute Gasteiger partial charge is 0.204 e. The Balaban J connectivity index is 3.35. The van der Waals surface area contributed by atoms with Gasteiger partial charge in [-0.1, -0.05) is 23.2 Å². The first-order valence-corrected chi connectivity index (χ1v) is 3.80. The lowest BCUT2D eigenvalue weighted by molar-refractivity contribution is -0.137. The molecule has 0 radical (unpaired) electrons. The van der Waals surface area contributed by atoms with Gasteiger partial charge in [-0.2, -0.15) is 13.2 Å². The average Bonchev–Trinajstić information content (AvgIpc) is 1.98. The van der Waals surface area contributed by atoms with Crippen molar-refractivity contribution in [3.05, 3.63) is 33.6 Å². The number of halogens is 6. The van der Waals surface area contributed by atoms with Crippen LogP contribution in [0, 0.1) is 5.82 Å². The SMILES string of the molecule is Fc1c(Cl)ccc(C(F)(F)F)c1Cl. The number of benzene rings is 1. The zero-order valence-corrected chi connectivity index (χ0v) is 7.43. The molecule has 1 aromatic carbocycles. The van der Waals surface area contributed by atoms with Crippen molar-refractivity contribution >= 4 is 23.2 Å². The van der Waals surface area contributed by atoms with Crippen LogP contribution in [0.25, 0.3) is 0 Å². The van der Waals surface area contributed by atoms with Crippen LogP contribution in [0.1, 0.15) is 5.56 Å². The van der Waals surface area contributed by atoms with E-state index in [1.165, 1.54) is 0 Å². The summed E-state index contributed by atoms with van der Waals surface area (Å²) in [6.45, 7) is 0. The van der Waals surface area contributed by atoms with Gasteiger partial charge in [0.2, 0.25) is 0 Å². The van der Waals surface area contributed by atoms with Gasteiger partial charge in [0, 0.05) is 0 Å². The van der Waals surface area contributed by atoms with Crippen molar-refractivity contribution in [2.45, 2.75) is 6.18 Å². The summed E-state index contributed by atoms with van der Waals surface area (Å²) < 4.78 is 49.0. The molecule has 0 saturated carbocycles. The molecule has 72 valence electrons. The fourth-order valence-electron chi connectivity index (χ4n) is 0.745. The Labute approximate surface area is 81.1 Å². The molecule has 1 rings (SSSR count). The molecule has 13 heavy (non-hydrogen) atoms. The monoisotopic (exact) mass is 232 g/mol. The molecule has 0 amide bonds. The van der Waals surface area contributed by atoms with Crippen LogP contribution < -0.4 is 0 Å². The molecule has 0 N–H and O–H groups in total. The Morgan fingerprint density at radius 3 is 2.08 bits per heavy atom. The van der Waals surface area contributed by atoms with E-state index in [9.17, 15) is 17.6 Å². The Kier molecular flexibility index (Phi) is 2.73. The number of alkyl halides is 3. The van der Waals surface area contributed by atoms with Crippen molar-refractivity contribution in [3.8, 4) is 0 Å². The number of hydrogen-bond acceptors (Lipinski definition) is 0. The number of hydrogen-bond donors (Lipinski definition) is 0. The topological polar surface area (TPSA) is 0 Å². The fraction of sp³-hybridized carbons (Fsp3) is 0.143. The number of rotatable bonds is 0. The van der Waals surface area contributed by atoms with E-state index < -0.39 is 27.6 Å². The summed E-state index contributed by atoms with van der Waals surface area (Å²) in [7, 11) is 0. The summed E-state index contributed by atoms with van der Waals surface area (Å²) in [4.78, 5) is 0. The normalized spacial score (nSPS) is 11.8. The highest BCUT2D eigenvalue weighted by Crippen LogP contribution is 2.37. The molecule has 0 aliphatic carbocycles. The van der Waals surface area contributed by atoms with Crippen molar-refractivity contribution < 1.29 is 17.6 Å². The highest BCUT2D eigenvalue weighted by molar-refractivity contribution is 6.35. The van der Waals surface area contributed by atoms with Crippen LogP contribution in [0.2, 0.25) is 10.0 Å². The second-order valence-electron chi connectivity index (χ2n) is 2.22. The van der Waals surface area contributed by atoms with Crippen molar-refractivity contribution in [1.29, 1.82) is 0 Å². The lowest BCUT2D eigenvalue weighted by Crippen LogP contribution is -2.06. The van der Waals surface area contributed by atoms with Crippen molar-refractivity contribution in [3.63, 3.8) is 0 Å². The summed E-state index contributed by atoms with van der Waals surface area (Å²) in [5.74, 6) is -1.25. The quantitative estimate of drug-likeness (QED) is 0.466. The summed E-state index contributed by atoms with van der Waals surface area (Å²) in [5, 5.41) is -1.43. The summed E-state index contributed by atoms with van der Waals surface area (Å²) in [6, 6.07) is 1.44. The zero-order chi connectivity index (χ0) is 10.2. The van der Waals surface area contributed by atoms with Gasteiger partial charge < -0.3 is 0 Å². The summed E-state index contributed by atoms with van der Waals surface area (Å²) >= 11 is 10.3. The molecule has 0 heterocycles. The Hall–Kier alpha value is -0.480. The molecule has 0 aliphatic heterocycles. The molecule has 0 atom stereocenters. The molecular formula is C7H2Cl2F4. The molecule has 0 bridgehead atoms. The van der Waals surface area contributed by atoms with Gasteiger partial charge in [0.1, 0.15) is 0 Å². The maximum absolute atomic E-state index is 12.8. The van der Waals surface area contributed by atoms with Gasteiger partial charge in [-0.25, -0.2) is 4.39 Å². The van der Waals surface area contributed by atoms with Gasteiger partial charge in [0.25, 0.3) is 0 Å². The van der Waals surface area contributed by atoms with Crippen LogP contribution in [0.5, 0.6) is 0 Å². The van der Waals surface area contributed by atoms with Crippen LogP contribution in [0.15, 0.2) is 12.1 Å². The molecular weight excluding hydrogens is 231 g/mol. The Morgan fingerprint density at radius 2 is 1.62 bits per heavy atom. The van der Waals surface area contributed by atoms with Gasteiger partial charge in [-0.15, -0.1) is 0 Å². The first-order chi connectivity index (χ1) is 5.84. The van der Waals surface area contributed by atoms with Crippen LogP contribution in [0.3, 0.4) is 0 Å². The van der Waals surface area contributed by atoms with Crippen molar-refractivity contribution in [2.75, 3.05) is 0 Å². The summed E-state index contributed by atoms with van der Waals surface area (Å²) in [5.41, 5.74) is -1.23. The van der Waals surface area contributed by atoms with Crippen LogP contribution >= 0.6 is 23.2 Å². The molecule has 0 fully saturated rings. The van der Waals surface area contributed by atoms with E-state index in [2.05, 4.69) is 0 Å². The van der Waals surface area contributed by atoms with E-state index in [1.807, 2.05) is 0 Å². The summed E-state index contributed by atoms with van der Waals surface area (Å²) in [6.07, 6.45) is -4.66. The van der Waals surface area contributed by atoms with E-state index in [1.54, 1.807) is 0 Å². The van der Waals surface area contributed by atoms with Gasteiger partial charge in [0.15, 0.2) is 5.82 Å². The second kappa shape index (κ2) is 3.35. The minimum atomic E-state index is -4.66. The highest BCUT2D eigenvalue weighted by atomic mass is 35.5. The van der Waals surface area contributed by atoms with Crippen molar-refractivity contribution in [1.82, 2.24) is 0 Å². The van der Waals surface area contributed by atoms with E-state index >= 15 is 0 Å². The largest absolute Gasteiger partial charge is 0.417 e. The average molecular weight is 233 g/mol. The zero-order valence-electron chi connectivity index (χ0n) is 5.92. The van der Waals surface area contributed by atoms with Gasteiger partial charge in [0.05, 0.1) is 15.6 Å². The molecule has 0 saturated heterocycles. The highest BCUT2D eigenvalue weighted by Gasteiger charge is 2.34. The molecule has 1 aromatic rings. The standard InChI is InChI=1S/C7H2Cl2F4/c8-4-2-1-3(7(11,12)13)5(9)6(4)10/h1-2H. The molecule has 0 aliphatic rings. The fourth-order valence-corrected chi connectivity index (χ4v) is 1.22. The van der Waals surface area contributed by atoms with Crippen LogP contribution in [0.4, 0.5) is 17.6 Å². The van der Waals surface area contributed by atoms with Crippen LogP contribution in [-0.2, 0) is 6.18 Å². The van der Waals surface area contributed by atoms with Crippen molar-refractivity contribution in [2.24, 2.45) is 0 Å². The Bertz CT molecular complexity index is 332. The van der Waals surface area contributed by atoms with E-state index in [0.29, 0.717) is 6.07 Å². The predicted molar refractivity (Wildman–Crippen MR) is 41.4 cm³/mol. The maximum Gasteiger partial charge on any atom is 0.417 e. The maximum atomic E-state index is 12.8. The van der Waals surface area contributed by atoms with E-state index in [0.717, 1.165) is 6.07 Å². The third kappa shape index (κ3) is 2.06. The predicted octanol–water partition coefficient (Wildman–Crippen LogP) is 4.15. The van der Waals surface area contributed by atoms with Gasteiger partial charge in [-0.3, -0.25) is 0 Å². The third-order valence-corrected chi connectivity index (χ3v) is 2.00. The lowest BCUT2D eigenvalue weighted by atomic mass is 10.2. The lowest BCUT2D eigenvalue weighted by Gasteiger charge is -2.09. The third-order valence-electron chi connectivity index (χ3n) is 1.34. The first-order valence-electron chi connectivity index (χ1n) is 3.04. The minimum Gasteiger partial charge on any atom is -0.204 e. The molecule has 0 unspecified atom stereocenters. The first kappa shape index (κ1) is 10.6. The molecule has 0 aromatic heterocycles. The van der Waals surface area contributed by atoms with Gasteiger partial charge >= 0.3 is 6.18 Å².